The molecule has 0 bridgehead atoms. The van der Waals surface area contributed by atoms with Gasteiger partial charge in [0.05, 0.1) is 0 Å². The average Bonchev–Trinajstić information content (AvgIpc) is 1.41. The maximum atomic E-state index is 9.00. The van der Waals surface area contributed by atoms with Gasteiger partial charge in [-0.05, 0) is 0 Å². The quantitative estimate of drug-likeness (QED) is 0.406. The van der Waals surface area contributed by atoms with Crippen molar-refractivity contribution in [3.63, 3.8) is 0 Å². The van der Waals surface area contributed by atoms with Gasteiger partial charge in [-0.15, -0.1) is 0 Å². The van der Waals surface area contributed by atoms with Gasteiger partial charge in [-0.25, -0.2) is 0 Å². The molecule has 0 rings (SSSR count). The molecule has 0 heterocycles. The Morgan fingerprint density at radius 3 is 1.62 bits per heavy atom. The molecule has 40 valence electrons. The van der Waals surface area contributed by atoms with Crippen LogP contribution in [-0.2, 0) is 50.2 Å². The van der Waals surface area contributed by atoms with Crippen molar-refractivity contribution in [2.24, 2.45) is 0 Å². The molecule has 0 saturated heterocycles. The van der Waals surface area contributed by atoms with Gasteiger partial charge in [0, 0.05) is 28.6 Å². The van der Waals surface area contributed by atoms with E-state index in [1.807, 2.05) is 0 Å². The smallest absolute Gasteiger partial charge is 0 e. The zero-order valence-electron chi connectivity index (χ0n) is 5.76. The van der Waals surface area contributed by atoms with E-state index < -0.39 is 5.97 Å². The van der Waals surface area contributed by atoms with Crippen molar-refractivity contribution < 1.29 is 75.6 Å². The van der Waals surface area contributed by atoms with Gasteiger partial charge in [0.25, 0.3) is 5.97 Å². The Morgan fingerprint density at radius 2 is 1.62 bits per heavy atom. The normalized spacial score (nSPS) is 3.50. The van der Waals surface area contributed by atoms with Crippen LogP contribution in [0.1, 0.15) is 8.35 Å². The molecule has 0 aromatic carbocycles. The van der Waals surface area contributed by atoms with Gasteiger partial charge in [0.1, 0.15) is 0 Å². The van der Waals surface area contributed by atoms with E-state index in [0.29, 0.717) is 0 Å². The maximum Gasteiger partial charge on any atom is 0 e. The molecule has 0 fully saturated rings. The molecule has 8 heavy (non-hydrogen) atoms. The van der Waals surface area contributed by atoms with E-state index in [2.05, 4.69) is 0 Å². The SMILES string of the molecule is CC(=O)O.[H-].[Li+].[O]=[Ti].[Ti]. The average molecular weight is 180 g/mol. The molecule has 0 aromatic heterocycles. The fourth-order valence-electron chi connectivity index (χ4n) is 0. The molecule has 0 spiro atoms. The molecule has 0 aliphatic heterocycles. The van der Waals surface area contributed by atoms with Gasteiger partial charge in [-0.1, -0.05) is 0 Å². The number of carboxylic acids is 1. The second-order valence-electron chi connectivity index (χ2n) is 0.519. The van der Waals surface area contributed by atoms with Crippen LogP contribution in [0.4, 0.5) is 0 Å². The molecule has 3 nitrogen and oxygen atoms in total. The summed E-state index contributed by atoms with van der Waals surface area (Å²) in [5.74, 6) is -0.833. The molecule has 0 aromatic rings. The van der Waals surface area contributed by atoms with Crippen LogP contribution in [0.3, 0.4) is 0 Å². The predicted octanol–water partition coefficient (Wildman–Crippen LogP) is -2.92. The maximum absolute atomic E-state index is 9.00. The first-order valence-electron chi connectivity index (χ1n) is 1.13. The van der Waals surface area contributed by atoms with Crippen molar-refractivity contribution in [2.45, 2.75) is 6.92 Å². The number of rotatable bonds is 0. The molecule has 0 saturated carbocycles. The fourth-order valence-corrected chi connectivity index (χ4v) is 0. The molecular formula is C2H5LiO3Ti2. The van der Waals surface area contributed by atoms with E-state index >= 15 is 0 Å². The molecule has 0 atom stereocenters. The number of hydrogen-bond donors (Lipinski definition) is 1. The zero-order valence-corrected chi connectivity index (χ0v) is 7.89. The first-order valence-corrected chi connectivity index (χ1v) is 1.77. The van der Waals surface area contributed by atoms with Gasteiger partial charge in [0.15, 0.2) is 0 Å². The second-order valence-corrected chi connectivity index (χ2v) is 0.519. The van der Waals surface area contributed by atoms with Crippen molar-refractivity contribution in [3.8, 4) is 0 Å². The van der Waals surface area contributed by atoms with Crippen LogP contribution < -0.4 is 18.9 Å². The van der Waals surface area contributed by atoms with Crippen LogP contribution >= 0.6 is 0 Å². The Kier molecular flexibility index (Phi) is 68.2. The number of carboxylic acid groups (broad SMARTS) is 1. The van der Waals surface area contributed by atoms with Gasteiger partial charge in [0.2, 0.25) is 0 Å². The van der Waals surface area contributed by atoms with Crippen LogP contribution in [0.15, 0.2) is 0 Å². The van der Waals surface area contributed by atoms with Crippen LogP contribution in [-0.4, -0.2) is 11.1 Å². The Labute approximate surface area is 87.9 Å². The van der Waals surface area contributed by atoms with E-state index in [9.17, 15) is 0 Å². The van der Waals surface area contributed by atoms with E-state index in [4.69, 9.17) is 13.2 Å². The van der Waals surface area contributed by atoms with Gasteiger partial charge in [-0.2, -0.15) is 0 Å². The number of hydrogen-bond acceptors (Lipinski definition) is 2. The monoisotopic (exact) mass is 180 g/mol. The summed E-state index contributed by atoms with van der Waals surface area (Å²) in [7, 11) is 0. The topological polar surface area (TPSA) is 54.4 Å². The number of aliphatic carboxylic acids is 1. The zero-order chi connectivity index (χ0) is 5.58. The summed E-state index contributed by atoms with van der Waals surface area (Å²) in [6.07, 6.45) is 0. The summed E-state index contributed by atoms with van der Waals surface area (Å²) in [5.41, 5.74) is 0. The predicted molar refractivity (Wildman–Crippen MR) is 15.1 cm³/mol. The summed E-state index contributed by atoms with van der Waals surface area (Å²) in [6.45, 7) is 1.08. The first-order chi connectivity index (χ1) is 2.73. The summed E-state index contributed by atoms with van der Waals surface area (Å²) in [6, 6.07) is 0. The molecule has 0 amide bonds. The largest absolute Gasteiger partial charge is 0 e. The first kappa shape index (κ1) is 22.8. The van der Waals surface area contributed by atoms with Crippen LogP contribution in [0.25, 0.3) is 0 Å². The van der Waals surface area contributed by atoms with Crippen molar-refractivity contribution >= 4 is 5.97 Å². The van der Waals surface area contributed by atoms with Gasteiger partial charge in [-0.3, -0.25) is 4.79 Å². The molecule has 6 heteroatoms. The van der Waals surface area contributed by atoms with Crippen LogP contribution in [0.5, 0.6) is 0 Å². The van der Waals surface area contributed by atoms with Crippen molar-refractivity contribution in [1.82, 2.24) is 0 Å². The third kappa shape index (κ3) is 172. The minimum atomic E-state index is -0.833. The number of carbonyl (C=O) groups is 1. The summed E-state index contributed by atoms with van der Waals surface area (Å²) < 4.78 is 8.25. The minimum Gasteiger partial charge on any atom is 0 e. The molecule has 0 unspecified atom stereocenters. The van der Waals surface area contributed by atoms with Crippen molar-refractivity contribution in [1.29, 1.82) is 0 Å². The van der Waals surface area contributed by atoms with E-state index in [1.165, 1.54) is 0 Å². The Morgan fingerprint density at radius 1 is 1.62 bits per heavy atom. The summed E-state index contributed by atoms with van der Waals surface area (Å²) in [5, 5.41) is 7.42. The third-order valence-electron chi connectivity index (χ3n) is 0. The van der Waals surface area contributed by atoms with Crippen LogP contribution in [0.2, 0.25) is 0 Å². The van der Waals surface area contributed by atoms with Crippen LogP contribution in [0, 0.1) is 0 Å². The standard InChI is InChI=1S/C2H4O2.Li.O.2Ti.H/c1-2(3)4;;;;;/h1H3,(H,3,4);;;;;/q;+1;;;;-1. The second kappa shape index (κ2) is 23.9. The molecule has 0 aliphatic rings. The van der Waals surface area contributed by atoms with E-state index in [1.54, 1.807) is 0 Å². The Balaban J connectivity index is -0.00000000990. The molecule has 0 radical (unpaired) electrons. The van der Waals surface area contributed by atoms with Gasteiger partial charge < -0.3 is 6.53 Å². The van der Waals surface area contributed by atoms with E-state index in [0.717, 1.165) is 27.3 Å². The third-order valence-corrected chi connectivity index (χ3v) is 0. The van der Waals surface area contributed by atoms with Gasteiger partial charge >= 0.3 is 42.6 Å². The fraction of sp³-hybridized carbons (Fsp3) is 0.500. The minimum absolute atomic E-state index is 0. The molecule has 1 N–H and O–H groups in total. The summed E-state index contributed by atoms with van der Waals surface area (Å²) >= 11 is 0.750. The molecular weight excluding hydrogens is 175 g/mol. The Hall–Kier alpha value is 1.30. The van der Waals surface area contributed by atoms with Crippen molar-refractivity contribution in [2.75, 3.05) is 0 Å². The van der Waals surface area contributed by atoms with Crippen molar-refractivity contribution in [3.05, 3.63) is 0 Å². The summed E-state index contributed by atoms with van der Waals surface area (Å²) in [4.78, 5) is 9.00. The Bertz CT molecular complexity index is 51.1. The van der Waals surface area contributed by atoms with E-state index in [-0.39, 0.29) is 42.0 Å². The molecule has 0 aliphatic carbocycles.